The van der Waals surface area contributed by atoms with E-state index in [0.29, 0.717) is 25.3 Å². The van der Waals surface area contributed by atoms with E-state index < -0.39 is 6.04 Å². The van der Waals surface area contributed by atoms with Gasteiger partial charge < -0.3 is 14.5 Å². The maximum Gasteiger partial charge on any atom is 0.247 e. The molecular weight excluding hydrogens is 512 g/mol. The van der Waals surface area contributed by atoms with Gasteiger partial charge in [-0.3, -0.25) is 19.6 Å². The Balaban J connectivity index is 1.68. The van der Waals surface area contributed by atoms with Crippen LogP contribution in [0.2, 0.25) is 0 Å². The van der Waals surface area contributed by atoms with E-state index in [9.17, 15) is 9.59 Å². The molecule has 7 nitrogen and oxygen atoms in total. The van der Waals surface area contributed by atoms with Crippen molar-refractivity contribution in [3.63, 3.8) is 0 Å². The van der Waals surface area contributed by atoms with Crippen LogP contribution in [0.4, 0.5) is 0 Å². The Morgan fingerprint density at radius 3 is 2.32 bits per heavy atom. The number of nitrogens with zero attached hydrogens (tertiary/aromatic N) is 4. The third kappa shape index (κ3) is 8.43. The number of likely N-dealkylation sites (N-methyl/N-ethyl adjacent to an activating group) is 1. The Hall–Kier alpha value is -4.62. The van der Waals surface area contributed by atoms with Gasteiger partial charge in [-0.1, -0.05) is 66.7 Å². The lowest BCUT2D eigenvalue weighted by molar-refractivity contribution is -0.143. The predicted octanol–water partition coefficient (Wildman–Crippen LogP) is 5.21. The molecule has 4 rings (SSSR count). The van der Waals surface area contributed by atoms with Crippen LogP contribution in [0, 0.1) is 6.92 Å². The highest BCUT2D eigenvalue weighted by Crippen LogP contribution is 2.21. The SMILES string of the molecule is COCCN(C)C(=O)C(Cc1ccccc1)N(Cc1ccc(-c2ccccn2)cc1)C(=O)C=Cc1ccc(C)cn1. The largest absolute Gasteiger partial charge is 0.383 e. The molecule has 0 fully saturated rings. The van der Waals surface area contributed by atoms with Crippen molar-refractivity contribution in [2.45, 2.75) is 25.9 Å². The molecule has 1 unspecified atom stereocenters. The number of hydrogen-bond donors (Lipinski definition) is 0. The highest BCUT2D eigenvalue weighted by Gasteiger charge is 2.31. The maximum absolute atomic E-state index is 13.9. The van der Waals surface area contributed by atoms with Crippen molar-refractivity contribution in [3.05, 3.63) is 126 Å². The molecule has 0 aliphatic rings. The minimum Gasteiger partial charge on any atom is -0.383 e. The predicted molar refractivity (Wildman–Crippen MR) is 162 cm³/mol. The van der Waals surface area contributed by atoms with E-state index in [-0.39, 0.29) is 18.4 Å². The molecule has 0 spiro atoms. The average Bonchev–Trinajstić information content (AvgIpc) is 3.02. The molecule has 0 N–H and O–H groups in total. The Morgan fingerprint density at radius 2 is 1.66 bits per heavy atom. The van der Waals surface area contributed by atoms with Crippen molar-refractivity contribution in [2.24, 2.45) is 0 Å². The van der Waals surface area contributed by atoms with Crippen LogP contribution in [-0.4, -0.2) is 64.9 Å². The van der Waals surface area contributed by atoms with Gasteiger partial charge in [0.1, 0.15) is 6.04 Å². The van der Waals surface area contributed by atoms with Crippen molar-refractivity contribution in [2.75, 3.05) is 27.3 Å². The standard InChI is InChI=1S/C34H36N4O3/c1-26-12-17-30(36-24-26)18-19-33(39)38(25-28-13-15-29(16-14-28)31-11-7-8-20-35-31)32(23-27-9-5-4-6-10-27)34(40)37(2)21-22-41-3/h4-20,24,32H,21-23,25H2,1-3H3. The van der Waals surface area contributed by atoms with E-state index in [0.717, 1.165) is 27.9 Å². The summed E-state index contributed by atoms with van der Waals surface area (Å²) in [5, 5.41) is 0. The normalized spacial score (nSPS) is 11.8. The van der Waals surface area contributed by atoms with Gasteiger partial charge in [-0.25, -0.2) is 0 Å². The minimum atomic E-state index is -0.724. The first kappa shape index (κ1) is 29.4. The average molecular weight is 549 g/mol. The van der Waals surface area contributed by atoms with Crippen molar-refractivity contribution >= 4 is 17.9 Å². The second-order valence-electron chi connectivity index (χ2n) is 9.93. The number of carbonyl (C=O) groups excluding carboxylic acids is 2. The lowest BCUT2D eigenvalue weighted by atomic mass is 10.0. The first-order valence-electron chi connectivity index (χ1n) is 13.6. The number of hydrogen-bond acceptors (Lipinski definition) is 5. The van der Waals surface area contributed by atoms with E-state index in [4.69, 9.17) is 4.74 Å². The minimum absolute atomic E-state index is 0.147. The zero-order chi connectivity index (χ0) is 29.0. The molecule has 1 atom stereocenters. The molecule has 41 heavy (non-hydrogen) atoms. The molecule has 0 saturated carbocycles. The first-order chi connectivity index (χ1) is 19.9. The molecule has 210 valence electrons. The maximum atomic E-state index is 13.9. The second kappa shape index (κ2) is 14.7. The van der Waals surface area contributed by atoms with Crippen LogP contribution >= 0.6 is 0 Å². The molecule has 4 aromatic rings. The fourth-order valence-electron chi connectivity index (χ4n) is 4.44. The van der Waals surface area contributed by atoms with Gasteiger partial charge in [0.2, 0.25) is 11.8 Å². The zero-order valence-electron chi connectivity index (χ0n) is 23.8. The van der Waals surface area contributed by atoms with Crippen molar-refractivity contribution in [3.8, 4) is 11.3 Å². The number of aryl methyl sites for hydroxylation is 1. The summed E-state index contributed by atoms with van der Waals surface area (Å²) in [6, 6.07) is 26.6. The molecule has 0 bridgehead atoms. The number of carbonyl (C=O) groups is 2. The van der Waals surface area contributed by atoms with Gasteiger partial charge >= 0.3 is 0 Å². The molecule has 7 heteroatoms. The van der Waals surface area contributed by atoms with Crippen molar-refractivity contribution in [1.82, 2.24) is 19.8 Å². The van der Waals surface area contributed by atoms with E-state index in [1.54, 1.807) is 42.4 Å². The van der Waals surface area contributed by atoms with Gasteiger partial charge in [0.25, 0.3) is 0 Å². The van der Waals surface area contributed by atoms with Gasteiger partial charge in [0, 0.05) is 57.7 Å². The Labute approximate surface area is 242 Å². The highest BCUT2D eigenvalue weighted by atomic mass is 16.5. The van der Waals surface area contributed by atoms with Crippen LogP contribution in [0.5, 0.6) is 0 Å². The van der Waals surface area contributed by atoms with Crippen LogP contribution in [0.1, 0.15) is 22.4 Å². The van der Waals surface area contributed by atoms with Crippen LogP contribution < -0.4 is 0 Å². The van der Waals surface area contributed by atoms with E-state index in [2.05, 4.69) is 9.97 Å². The fraction of sp³-hybridized carbons (Fsp3) is 0.235. The molecule has 0 saturated heterocycles. The third-order valence-electron chi connectivity index (χ3n) is 6.82. The number of benzene rings is 2. The van der Waals surface area contributed by atoms with E-state index in [1.165, 1.54) is 6.08 Å². The van der Waals surface area contributed by atoms with Crippen LogP contribution in [0.15, 0.2) is 103 Å². The van der Waals surface area contributed by atoms with Crippen LogP contribution in [-0.2, 0) is 27.3 Å². The number of pyridine rings is 2. The summed E-state index contributed by atoms with van der Waals surface area (Å²) >= 11 is 0. The number of rotatable bonds is 12. The lowest BCUT2D eigenvalue weighted by Gasteiger charge is -2.33. The number of amides is 2. The van der Waals surface area contributed by atoms with E-state index >= 15 is 0 Å². The number of ether oxygens (including phenoxy) is 1. The first-order valence-corrected chi connectivity index (χ1v) is 13.6. The third-order valence-corrected chi connectivity index (χ3v) is 6.82. The second-order valence-corrected chi connectivity index (χ2v) is 9.93. The Kier molecular flexibility index (Phi) is 10.5. The molecule has 2 aromatic heterocycles. The molecule has 2 heterocycles. The highest BCUT2D eigenvalue weighted by molar-refractivity contribution is 5.95. The monoisotopic (exact) mass is 548 g/mol. The lowest BCUT2D eigenvalue weighted by Crippen LogP contribution is -2.51. The fourth-order valence-corrected chi connectivity index (χ4v) is 4.44. The Morgan fingerprint density at radius 1 is 0.902 bits per heavy atom. The summed E-state index contributed by atoms with van der Waals surface area (Å²) < 4.78 is 5.21. The summed E-state index contributed by atoms with van der Waals surface area (Å²) in [6.45, 7) is 3.05. The summed E-state index contributed by atoms with van der Waals surface area (Å²) in [4.78, 5) is 39.8. The molecule has 2 aromatic carbocycles. The van der Waals surface area contributed by atoms with Gasteiger partial charge in [-0.15, -0.1) is 0 Å². The molecular formula is C34H36N4O3. The van der Waals surface area contributed by atoms with Gasteiger partial charge in [0.15, 0.2) is 0 Å². The topological polar surface area (TPSA) is 75.6 Å². The summed E-state index contributed by atoms with van der Waals surface area (Å²) in [6.07, 6.45) is 7.10. The zero-order valence-corrected chi connectivity index (χ0v) is 23.8. The smallest absolute Gasteiger partial charge is 0.247 e. The number of methoxy groups -OCH3 is 1. The van der Waals surface area contributed by atoms with E-state index in [1.807, 2.05) is 91.9 Å². The summed E-state index contributed by atoms with van der Waals surface area (Å²) in [5.41, 5.74) is 5.44. The molecule has 0 aliphatic heterocycles. The van der Waals surface area contributed by atoms with Crippen molar-refractivity contribution < 1.29 is 14.3 Å². The number of aromatic nitrogens is 2. The van der Waals surface area contributed by atoms with Gasteiger partial charge in [0.05, 0.1) is 18.0 Å². The Bertz CT molecular complexity index is 1420. The van der Waals surface area contributed by atoms with Gasteiger partial charge in [-0.2, -0.15) is 0 Å². The summed E-state index contributed by atoms with van der Waals surface area (Å²) in [5.74, 6) is -0.415. The quantitative estimate of drug-likeness (QED) is 0.227. The van der Waals surface area contributed by atoms with Crippen LogP contribution in [0.3, 0.4) is 0 Å². The van der Waals surface area contributed by atoms with Crippen molar-refractivity contribution in [1.29, 1.82) is 0 Å². The molecule has 2 amide bonds. The molecule has 0 aliphatic carbocycles. The summed E-state index contributed by atoms with van der Waals surface area (Å²) in [7, 11) is 3.35. The van der Waals surface area contributed by atoms with Crippen LogP contribution in [0.25, 0.3) is 17.3 Å². The molecule has 0 radical (unpaired) electrons. The van der Waals surface area contributed by atoms with Gasteiger partial charge in [-0.05, 0) is 47.9 Å².